The van der Waals surface area contributed by atoms with E-state index in [1.54, 1.807) is 30.5 Å². The fourth-order valence-corrected chi connectivity index (χ4v) is 4.40. The van der Waals surface area contributed by atoms with E-state index in [0.717, 1.165) is 17.8 Å². The van der Waals surface area contributed by atoms with Crippen molar-refractivity contribution in [3.05, 3.63) is 100 Å². The molecule has 1 aliphatic rings. The fraction of sp³-hybridized carbons (Fsp3) is 0.148. The van der Waals surface area contributed by atoms with Gasteiger partial charge >= 0.3 is 0 Å². The molecule has 0 aliphatic carbocycles. The van der Waals surface area contributed by atoms with Crippen LogP contribution in [0.25, 0.3) is 22.5 Å². The topological polar surface area (TPSA) is 74.8 Å². The Hall–Kier alpha value is -4.20. The number of nitrogens with zero attached hydrogens (tertiary/aromatic N) is 1. The third-order valence-corrected chi connectivity index (χ3v) is 6.05. The summed E-state index contributed by atoms with van der Waals surface area (Å²) >= 11 is 0. The Morgan fingerprint density at radius 2 is 1.71 bits per heavy atom. The maximum absolute atomic E-state index is 15.2. The van der Waals surface area contributed by atoms with Crippen molar-refractivity contribution in [2.24, 2.45) is 0 Å². The average molecular weight is 475 g/mol. The number of hydrogen-bond donors (Lipinski definition) is 2. The zero-order valence-corrected chi connectivity index (χ0v) is 18.7. The molecule has 0 spiro atoms. The molecule has 2 heterocycles. The zero-order chi connectivity index (χ0) is 24.7. The van der Waals surface area contributed by atoms with Crippen molar-refractivity contribution in [3.8, 4) is 22.5 Å². The molecule has 0 unspecified atom stereocenters. The van der Waals surface area contributed by atoms with Crippen LogP contribution in [0.2, 0.25) is 0 Å². The van der Waals surface area contributed by atoms with Gasteiger partial charge in [0.1, 0.15) is 29.1 Å². The lowest BCUT2D eigenvalue weighted by Gasteiger charge is -2.12. The third kappa shape index (κ3) is 4.35. The van der Waals surface area contributed by atoms with Crippen molar-refractivity contribution in [1.29, 1.82) is 0 Å². The fourth-order valence-electron chi connectivity index (χ4n) is 4.40. The Morgan fingerprint density at radius 3 is 2.43 bits per heavy atom. The van der Waals surface area contributed by atoms with E-state index in [1.165, 1.54) is 12.1 Å². The van der Waals surface area contributed by atoms with Crippen molar-refractivity contribution in [2.75, 3.05) is 0 Å². The van der Waals surface area contributed by atoms with Crippen LogP contribution in [-0.2, 0) is 24.2 Å². The van der Waals surface area contributed by atoms with Gasteiger partial charge in [0.25, 0.3) is 5.91 Å². The van der Waals surface area contributed by atoms with Crippen LogP contribution in [-0.4, -0.2) is 21.7 Å². The molecule has 2 N–H and O–H groups in total. The Morgan fingerprint density at radius 1 is 0.943 bits per heavy atom. The lowest BCUT2D eigenvalue weighted by Crippen LogP contribution is -2.13. The van der Waals surface area contributed by atoms with Crippen molar-refractivity contribution in [1.82, 2.24) is 15.3 Å². The van der Waals surface area contributed by atoms with E-state index in [1.807, 2.05) is 6.92 Å². The van der Waals surface area contributed by atoms with Crippen LogP contribution in [0.1, 0.15) is 32.7 Å². The second-order valence-corrected chi connectivity index (χ2v) is 8.55. The number of aryl methyl sites for hydroxylation is 1. The molecule has 176 valence electrons. The van der Waals surface area contributed by atoms with Crippen molar-refractivity contribution >= 4 is 11.7 Å². The molecule has 0 bridgehead atoms. The van der Waals surface area contributed by atoms with Crippen LogP contribution in [0.15, 0.2) is 54.7 Å². The van der Waals surface area contributed by atoms with Crippen LogP contribution in [0.4, 0.5) is 13.2 Å². The summed E-state index contributed by atoms with van der Waals surface area (Å²) in [6.45, 7) is 2.13. The molecular formula is C27H20F3N3O2. The monoisotopic (exact) mass is 475 g/mol. The summed E-state index contributed by atoms with van der Waals surface area (Å²) in [6.07, 6.45) is 1.36. The second-order valence-electron chi connectivity index (χ2n) is 8.55. The minimum atomic E-state index is -0.787. The summed E-state index contributed by atoms with van der Waals surface area (Å²) in [7, 11) is 0. The Bertz CT molecular complexity index is 1490. The maximum Gasteiger partial charge on any atom is 0.252 e. The highest BCUT2D eigenvalue weighted by atomic mass is 19.1. The summed E-state index contributed by atoms with van der Waals surface area (Å²) in [5.41, 5.74) is 4.04. The molecule has 4 aromatic rings. The number of fused-ring (bicyclic) bond motifs is 1. The minimum Gasteiger partial charge on any atom is -0.348 e. The second kappa shape index (κ2) is 8.87. The minimum absolute atomic E-state index is 0.0908. The number of Topliss-reactive ketones (excluding diaryl/α,β-unsaturated/α-hetero) is 1. The largest absolute Gasteiger partial charge is 0.348 e. The highest BCUT2D eigenvalue weighted by Crippen LogP contribution is 2.36. The van der Waals surface area contributed by atoms with E-state index in [9.17, 15) is 18.4 Å². The molecule has 1 aliphatic heterocycles. The first-order valence-corrected chi connectivity index (χ1v) is 11.0. The SMILES string of the molecule is Cc1cnc(-c2ccc(-c3ccc(CC(=O)Cc4ccc(F)cc4F)cc3F)c3c2C(=O)NC3)[nH]1. The van der Waals surface area contributed by atoms with Crippen molar-refractivity contribution in [3.63, 3.8) is 0 Å². The molecule has 0 saturated carbocycles. The molecule has 5 nitrogen and oxygen atoms in total. The summed E-state index contributed by atoms with van der Waals surface area (Å²) in [4.78, 5) is 32.4. The van der Waals surface area contributed by atoms with Gasteiger partial charge in [-0.3, -0.25) is 9.59 Å². The zero-order valence-electron chi connectivity index (χ0n) is 18.7. The van der Waals surface area contributed by atoms with E-state index in [0.29, 0.717) is 39.2 Å². The van der Waals surface area contributed by atoms with Crippen LogP contribution in [0.3, 0.4) is 0 Å². The molecule has 0 atom stereocenters. The Balaban J connectivity index is 1.42. The van der Waals surface area contributed by atoms with Gasteiger partial charge in [0.15, 0.2) is 0 Å². The van der Waals surface area contributed by atoms with Gasteiger partial charge in [0, 0.05) is 48.5 Å². The van der Waals surface area contributed by atoms with Crippen LogP contribution in [0.5, 0.6) is 0 Å². The molecule has 0 saturated heterocycles. The van der Waals surface area contributed by atoms with E-state index in [-0.39, 0.29) is 36.6 Å². The van der Waals surface area contributed by atoms with Gasteiger partial charge in [-0.15, -0.1) is 0 Å². The molecule has 35 heavy (non-hydrogen) atoms. The van der Waals surface area contributed by atoms with E-state index in [2.05, 4.69) is 15.3 Å². The summed E-state index contributed by atoms with van der Waals surface area (Å²) in [5, 5.41) is 2.80. The maximum atomic E-state index is 15.2. The first-order valence-electron chi connectivity index (χ1n) is 11.0. The van der Waals surface area contributed by atoms with Crippen molar-refractivity contribution in [2.45, 2.75) is 26.3 Å². The van der Waals surface area contributed by atoms with Crippen LogP contribution < -0.4 is 5.32 Å². The van der Waals surface area contributed by atoms with E-state index in [4.69, 9.17) is 0 Å². The van der Waals surface area contributed by atoms with Gasteiger partial charge in [-0.25, -0.2) is 18.2 Å². The van der Waals surface area contributed by atoms with Gasteiger partial charge in [-0.2, -0.15) is 0 Å². The number of halogens is 3. The van der Waals surface area contributed by atoms with Crippen LogP contribution >= 0.6 is 0 Å². The Kier molecular flexibility index (Phi) is 5.72. The molecule has 0 radical (unpaired) electrons. The summed E-state index contributed by atoms with van der Waals surface area (Å²) in [5.74, 6) is -2.05. The number of hydrogen-bond acceptors (Lipinski definition) is 3. The van der Waals surface area contributed by atoms with Gasteiger partial charge < -0.3 is 10.3 Å². The number of carbonyl (C=O) groups excluding carboxylic acids is 2. The van der Waals surface area contributed by atoms with E-state index < -0.39 is 17.5 Å². The molecule has 8 heteroatoms. The lowest BCUT2D eigenvalue weighted by atomic mass is 9.92. The lowest BCUT2D eigenvalue weighted by molar-refractivity contribution is -0.117. The quantitative estimate of drug-likeness (QED) is 0.409. The highest BCUT2D eigenvalue weighted by Gasteiger charge is 2.28. The number of H-pyrrole nitrogens is 1. The number of imidazole rings is 1. The smallest absolute Gasteiger partial charge is 0.252 e. The number of nitrogens with one attached hydrogen (secondary N) is 2. The Labute approximate surface area is 199 Å². The number of aromatic nitrogens is 2. The number of aromatic amines is 1. The summed E-state index contributed by atoms with van der Waals surface area (Å²) in [6, 6.07) is 11.0. The standard InChI is InChI=1S/C27H20F3N3O2/c1-14-12-31-26(33-14)21-7-6-19(22-13-32-27(35)25(21)22)20-5-2-15(9-24(20)30)8-18(34)10-16-3-4-17(28)11-23(16)29/h2-7,9,11-12H,8,10,13H2,1H3,(H,31,33)(H,32,35). The number of benzene rings is 3. The summed E-state index contributed by atoms with van der Waals surface area (Å²) < 4.78 is 42.1. The number of rotatable bonds is 6. The van der Waals surface area contributed by atoms with Gasteiger partial charge in [-0.05, 0) is 47.4 Å². The third-order valence-electron chi connectivity index (χ3n) is 6.05. The molecule has 1 amide bonds. The predicted octanol–water partition coefficient (Wildman–Crippen LogP) is 5.07. The van der Waals surface area contributed by atoms with Gasteiger partial charge in [0.2, 0.25) is 0 Å². The molecule has 0 fully saturated rings. The van der Waals surface area contributed by atoms with Gasteiger partial charge in [-0.1, -0.05) is 24.3 Å². The number of amides is 1. The average Bonchev–Trinajstić information content (AvgIpc) is 3.42. The molecule has 3 aromatic carbocycles. The normalized spacial score (nSPS) is 12.5. The highest BCUT2D eigenvalue weighted by molar-refractivity contribution is 6.06. The van der Waals surface area contributed by atoms with Gasteiger partial charge in [0.05, 0.1) is 5.56 Å². The number of ketones is 1. The first-order chi connectivity index (χ1) is 16.8. The van der Waals surface area contributed by atoms with Crippen LogP contribution in [0, 0.1) is 24.4 Å². The molecule has 5 rings (SSSR count). The predicted molar refractivity (Wildman–Crippen MR) is 124 cm³/mol. The first kappa shape index (κ1) is 22.6. The molecule has 1 aromatic heterocycles. The van der Waals surface area contributed by atoms with Crippen molar-refractivity contribution < 1.29 is 22.8 Å². The number of carbonyl (C=O) groups is 2. The van der Waals surface area contributed by atoms with E-state index >= 15 is 4.39 Å². The molecular weight excluding hydrogens is 455 g/mol.